The van der Waals surface area contributed by atoms with Crippen molar-refractivity contribution in [3.8, 4) is 0 Å². The van der Waals surface area contributed by atoms with Gasteiger partial charge in [-0.15, -0.1) is 23.7 Å². The van der Waals surface area contributed by atoms with Crippen molar-refractivity contribution in [3.05, 3.63) is 51.5 Å². The highest BCUT2D eigenvalue weighted by Gasteiger charge is 2.28. The van der Waals surface area contributed by atoms with Gasteiger partial charge in [-0.05, 0) is 30.4 Å². The Morgan fingerprint density at radius 3 is 2.75 bits per heavy atom. The molecule has 1 atom stereocenters. The number of aromatic nitrogens is 1. The summed E-state index contributed by atoms with van der Waals surface area (Å²) >= 11 is 1.86. The number of aryl methyl sites for hydroxylation is 1. The van der Waals surface area contributed by atoms with Gasteiger partial charge in [0.1, 0.15) is 0 Å². The van der Waals surface area contributed by atoms with Crippen LogP contribution in [0.4, 0.5) is 0 Å². The molecule has 2 fully saturated rings. The summed E-state index contributed by atoms with van der Waals surface area (Å²) in [5, 5.41) is 7.18. The van der Waals surface area contributed by atoms with Crippen molar-refractivity contribution in [3.63, 3.8) is 0 Å². The maximum Gasteiger partial charge on any atom is 0.0959 e. The molecule has 1 aliphatic carbocycles. The van der Waals surface area contributed by atoms with Gasteiger partial charge in [0.05, 0.1) is 10.7 Å². The molecule has 4 rings (SSSR count). The Morgan fingerprint density at radius 2 is 2.04 bits per heavy atom. The molecule has 1 aromatic heterocycles. The second-order valence-corrected chi connectivity index (χ2v) is 7.63. The molecule has 1 saturated heterocycles. The van der Waals surface area contributed by atoms with Crippen molar-refractivity contribution in [2.75, 3.05) is 19.6 Å². The fraction of sp³-hybridized carbons (Fsp3) is 0.526. The molecule has 1 unspecified atom stereocenters. The van der Waals surface area contributed by atoms with E-state index in [2.05, 4.69) is 46.8 Å². The average Bonchev–Trinajstić information content (AvgIpc) is 3.35. The Hall–Kier alpha value is -0.940. The minimum absolute atomic E-state index is 0. The third-order valence-electron chi connectivity index (χ3n) is 4.99. The van der Waals surface area contributed by atoms with Crippen molar-refractivity contribution in [1.29, 1.82) is 0 Å². The average molecular weight is 364 g/mol. The molecule has 1 aromatic carbocycles. The molecule has 5 heteroatoms. The zero-order valence-electron chi connectivity index (χ0n) is 14.2. The standard InChI is InChI=1S/C19H25N3S.ClH/c1-2-14-3-5-15(6-4-14)18-11-20-9-10-22(18)12-17-13-23-19(21-17)16-7-8-16;/h3-6,13,16,18,20H,2,7-12H2,1H3;1H. The highest BCUT2D eigenvalue weighted by atomic mass is 35.5. The molecule has 0 amide bonds. The number of halogens is 1. The zero-order chi connectivity index (χ0) is 15.6. The Labute approximate surface area is 154 Å². The molecule has 24 heavy (non-hydrogen) atoms. The van der Waals surface area contributed by atoms with Crippen LogP contribution in [0.3, 0.4) is 0 Å². The smallest absolute Gasteiger partial charge is 0.0959 e. The van der Waals surface area contributed by atoms with Crippen LogP contribution in [0.2, 0.25) is 0 Å². The number of hydrogen-bond acceptors (Lipinski definition) is 4. The molecule has 3 nitrogen and oxygen atoms in total. The third-order valence-corrected chi connectivity index (χ3v) is 6.04. The fourth-order valence-electron chi connectivity index (χ4n) is 3.36. The molecule has 2 aliphatic rings. The van der Waals surface area contributed by atoms with Gasteiger partial charge in [0.15, 0.2) is 0 Å². The van der Waals surface area contributed by atoms with Crippen molar-refractivity contribution in [1.82, 2.24) is 15.2 Å². The Balaban J connectivity index is 0.00000169. The molecule has 1 saturated carbocycles. The van der Waals surface area contributed by atoms with Crippen molar-refractivity contribution in [2.24, 2.45) is 0 Å². The van der Waals surface area contributed by atoms with E-state index in [1.165, 1.54) is 34.7 Å². The molecule has 2 aromatic rings. The lowest BCUT2D eigenvalue weighted by molar-refractivity contribution is 0.152. The molecule has 1 aliphatic heterocycles. The van der Waals surface area contributed by atoms with Gasteiger partial charge >= 0.3 is 0 Å². The first-order chi connectivity index (χ1) is 11.3. The quantitative estimate of drug-likeness (QED) is 0.864. The highest BCUT2D eigenvalue weighted by Crippen LogP contribution is 2.41. The van der Waals surface area contributed by atoms with E-state index in [0.717, 1.165) is 38.5 Å². The summed E-state index contributed by atoms with van der Waals surface area (Å²) in [6.45, 7) is 6.39. The number of hydrogen-bond donors (Lipinski definition) is 1. The normalized spacial score (nSPS) is 21.5. The highest BCUT2D eigenvalue weighted by molar-refractivity contribution is 7.09. The van der Waals surface area contributed by atoms with E-state index < -0.39 is 0 Å². The van der Waals surface area contributed by atoms with Gasteiger partial charge < -0.3 is 5.32 Å². The van der Waals surface area contributed by atoms with Crippen LogP contribution in [-0.4, -0.2) is 29.5 Å². The number of thiazole rings is 1. The summed E-state index contributed by atoms with van der Waals surface area (Å²) in [7, 11) is 0. The summed E-state index contributed by atoms with van der Waals surface area (Å²) < 4.78 is 0. The molecular weight excluding hydrogens is 338 g/mol. The third kappa shape index (κ3) is 3.99. The predicted octanol–water partition coefficient (Wildman–Crippen LogP) is 4.15. The lowest BCUT2D eigenvalue weighted by Crippen LogP contribution is -2.45. The van der Waals surface area contributed by atoms with E-state index in [-0.39, 0.29) is 12.4 Å². The SMILES string of the molecule is CCc1ccc(C2CNCCN2Cc2csc(C3CC3)n2)cc1.Cl. The van der Waals surface area contributed by atoms with Crippen LogP contribution < -0.4 is 5.32 Å². The summed E-state index contributed by atoms with van der Waals surface area (Å²) in [4.78, 5) is 7.46. The van der Waals surface area contributed by atoms with Crippen LogP contribution in [0.1, 0.15) is 53.6 Å². The summed E-state index contributed by atoms with van der Waals surface area (Å²) in [6.07, 6.45) is 3.79. The second-order valence-electron chi connectivity index (χ2n) is 6.74. The minimum Gasteiger partial charge on any atom is -0.314 e. The number of nitrogens with one attached hydrogen (secondary N) is 1. The first-order valence-electron chi connectivity index (χ1n) is 8.81. The van der Waals surface area contributed by atoms with Crippen LogP contribution in [0.15, 0.2) is 29.6 Å². The Morgan fingerprint density at radius 1 is 1.25 bits per heavy atom. The molecule has 0 radical (unpaired) electrons. The monoisotopic (exact) mass is 363 g/mol. The summed E-state index contributed by atoms with van der Waals surface area (Å²) in [5.74, 6) is 0.772. The van der Waals surface area contributed by atoms with Gasteiger partial charge in [0.2, 0.25) is 0 Å². The molecule has 0 bridgehead atoms. The lowest BCUT2D eigenvalue weighted by atomic mass is 10.0. The topological polar surface area (TPSA) is 28.2 Å². The maximum absolute atomic E-state index is 4.88. The van der Waals surface area contributed by atoms with Gasteiger partial charge in [-0.25, -0.2) is 4.98 Å². The van der Waals surface area contributed by atoms with E-state index in [4.69, 9.17) is 4.98 Å². The van der Waals surface area contributed by atoms with Gasteiger partial charge in [0, 0.05) is 43.5 Å². The Kier molecular flexibility index (Phi) is 5.93. The van der Waals surface area contributed by atoms with Gasteiger partial charge in [0.25, 0.3) is 0 Å². The molecule has 2 heterocycles. The van der Waals surface area contributed by atoms with E-state index in [1.807, 2.05) is 11.3 Å². The van der Waals surface area contributed by atoms with Crippen molar-refractivity contribution < 1.29 is 0 Å². The van der Waals surface area contributed by atoms with Gasteiger partial charge in [-0.1, -0.05) is 31.2 Å². The van der Waals surface area contributed by atoms with Crippen LogP contribution in [0, 0.1) is 0 Å². The van der Waals surface area contributed by atoms with E-state index in [1.54, 1.807) is 0 Å². The first kappa shape index (κ1) is 17.9. The Bertz CT molecular complexity index is 651. The van der Waals surface area contributed by atoms with E-state index in [0.29, 0.717) is 6.04 Å². The molecular formula is C19H26ClN3S. The van der Waals surface area contributed by atoms with Crippen LogP contribution in [0.25, 0.3) is 0 Å². The predicted molar refractivity (Wildman–Crippen MR) is 103 cm³/mol. The van der Waals surface area contributed by atoms with E-state index in [9.17, 15) is 0 Å². The van der Waals surface area contributed by atoms with Crippen molar-refractivity contribution >= 4 is 23.7 Å². The summed E-state index contributed by atoms with van der Waals surface area (Å²) in [5.41, 5.74) is 4.10. The number of benzene rings is 1. The van der Waals surface area contributed by atoms with Crippen LogP contribution >= 0.6 is 23.7 Å². The first-order valence-corrected chi connectivity index (χ1v) is 9.69. The van der Waals surface area contributed by atoms with Gasteiger partial charge in [-0.2, -0.15) is 0 Å². The largest absolute Gasteiger partial charge is 0.314 e. The van der Waals surface area contributed by atoms with Gasteiger partial charge in [-0.3, -0.25) is 4.90 Å². The number of rotatable bonds is 5. The molecule has 130 valence electrons. The zero-order valence-corrected chi connectivity index (χ0v) is 15.8. The van der Waals surface area contributed by atoms with Crippen molar-refractivity contribution in [2.45, 2.75) is 44.7 Å². The fourth-order valence-corrected chi connectivity index (χ4v) is 4.34. The second kappa shape index (κ2) is 7.96. The summed E-state index contributed by atoms with van der Waals surface area (Å²) in [6, 6.07) is 9.62. The molecule has 0 spiro atoms. The number of piperazine rings is 1. The van der Waals surface area contributed by atoms with Crippen LogP contribution in [0.5, 0.6) is 0 Å². The maximum atomic E-state index is 4.88. The van der Waals surface area contributed by atoms with Crippen LogP contribution in [-0.2, 0) is 13.0 Å². The lowest BCUT2D eigenvalue weighted by Gasteiger charge is -2.36. The number of nitrogens with zero attached hydrogens (tertiary/aromatic N) is 2. The minimum atomic E-state index is 0. The molecule has 1 N–H and O–H groups in total. The van der Waals surface area contributed by atoms with E-state index >= 15 is 0 Å².